The molecule has 0 aromatic carbocycles. The van der Waals surface area contributed by atoms with Gasteiger partial charge < -0.3 is 19.1 Å². The molecule has 0 aliphatic carbocycles. The van der Waals surface area contributed by atoms with Crippen LogP contribution in [0.5, 0.6) is 0 Å². The van der Waals surface area contributed by atoms with Gasteiger partial charge in [0, 0.05) is 6.20 Å². The van der Waals surface area contributed by atoms with Crippen molar-refractivity contribution in [1.82, 2.24) is 14.5 Å². The highest BCUT2D eigenvalue weighted by Crippen LogP contribution is 2.38. The van der Waals surface area contributed by atoms with Crippen LogP contribution in [-0.4, -0.2) is 44.5 Å². The van der Waals surface area contributed by atoms with Crippen LogP contribution in [-0.2, 0) is 9.47 Å². The van der Waals surface area contributed by atoms with Crippen molar-refractivity contribution in [2.24, 2.45) is 0 Å². The van der Waals surface area contributed by atoms with Gasteiger partial charge in [0.2, 0.25) is 5.28 Å². The number of aliphatic hydroxyl groups excluding tert-OH is 1. The molecule has 1 fully saturated rings. The highest BCUT2D eigenvalue weighted by Gasteiger charge is 2.39. The average molecular weight is 449 g/mol. The molecule has 31 heavy (non-hydrogen) atoms. The topological polar surface area (TPSA) is 98.5 Å². The van der Waals surface area contributed by atoms with E-state index in [2.05, 4.69) is 28.1 Å². The monoisotopic (exact) mass is 448 g/mol. The van der Waals surface area contributed by atoms with Crippen LogP contribution in [0.15, 0.2) is 12.3 Å². The number of aliphatic hydroxyl groups is 1. The Morgan fingerprint density at radius 3 is 2.90 bits per heavy atom. The third-order valence-corrected chi connectivity index (χ3v) is 5.65. The molecule has 0 radical (unpaired) electrons. The number of hydrogen-bond donors (Lipinski definition) is 2. The number of anilines is 1. The SMILES string of the molecule is C#C[C@@]1(CO)CC[C@H](n2ccc3c(NC(=O)OCCCCCCCC)nc(Cl)nc32)O1. The third kappa shape index (κ3) is 5.67. The fourth-order valence-corrected chi connectivity index (χ4v) is 3.88. The number of nitrogens with one attached hydrogen (secondary N) is 1. The maximum atomic E-state index is 12.2. The van der Waals surface area contributed by atoms with E-state index in [0.29, 0.717) is 30.5 Å². The van der Waals surface area contributed by atoms with Crippen molar-refractivity contribution >= 4 is 34.5 Å². The lowest BCUT2D eigenvalue weighted by molar-refractivity contribution is -0.0615. The van der Waals surface area contributed by atoms with Gasteiger partial charge in [-0.2, -0.15) is 9.97 Å². The van der Waals surface area contributed by atoms with Crippen LogP contribution in [0.3, 0.4) is 0 Å². The smallest absolute Gasteiger partial charge is 0.412 e. The maximum Gasteiger partial charge on any atom is 0.412 e. The van der Waals surface area contributed by atoms with Crippen LogP contribution in [0.2, 0.25) is 5.28 Å². The summed E-state index contributed by atoms with van der Waals surface area (Å²) in [6.45, 7) is 2.27. The fourth-order valence-electron chi connectivity index (χ4n) is 3.71. The number of amides is 1. The van der Waals surface area contributed by atoms with Gasteiger partial charge in [0.25, 0.3) is 0 Å². The Bertz CT molecular complexity index is 941. The summed E-state index contributed by atoms with van der Waals surface area (Å²) in [4.78, 5) is 20.6. The Morgan fingerprint density at radius 1 is 1.42 bits per heavy atom. The molecule has 0 saturated carbocycles. The van der Waals surface area contributed by atoms with Crippen molar-refractivity contribution in [2.75, 3.05) is 18.5 Å². The number of terminal acetylenes is 1. The van der Waals surface area contributed by atoms with Gasteiger partial charge in [0.1, 0.15) is 17.7 Å². The van der Waals surface area contributed by atoms with E-state index in [1.54, 1.807) is 16.8 Å². The van der Waals surface area contributed by atoms with Crippen molar-refractivity contribution < 1.29 is 19.4 Å². The molecule has 9 heteroatoms. The zero-order valence-corrected chi connectivity index (χ0v) is 18.5. The summed E-state index contributed by atoms with van der Waals surface area (Å²) in [5.74, 6) is 2.81. The number of ether oxygens (including phenoxy) is 2. The second-order valence-electron chi connectivity index (χ2n) is 7.74. The molecular weight excluding hydrogens is 420 g/mol. The van der Waals surface area contributed by atoms with Crippen LogP contribution in [0.4, 0.5) is 10.6 Å². The largest absolute Gasteiger partial charge is 0.449 e. The lowest BCUT2D eigenvalue weighted by Gasteiger charge is -2.21. The van der Waals surface area contributed by atoms with Crippen molar-refractivity contribution in [3.05, 3.63) is 17.5 Å². The molecule has 2 aromatic heterocycles. The summed E-state index contributed by atoms with van der Waals surface area (Å²) in [5.41, 5.74) is -0.499. The van der Waals surface area contributed by atoms with Crippen molar-refractivity contribution in [3.63, 3.8) is 0 Å². The Hall–Kier alpha value is -2.34. The molecule has 1 aliphatic rings. The van der Waals surface area contributed by atoms with Crippen LogP contribution >= 0.6 is 11.6 Å². The number of unbranched alkanes of at least 4 members (excludes halogenated alkanes) is 5. The third-order valence-electron chi connectivity index (χ3n) is 5.48. The molecule has 2 N–H and O–H groups in total. The van der Waals surface area contributed by atoms with Gasteiger partial charge in [-0.25, -0.2) is 4.79 Å². The average Bonchev–Trinajstić information content (AvgIpc) is 3.37. The first-order valence-electron chi connectivity index (χ1n) is 10.8. The minimum atomic E-state index is -1.00. The molecular formula is C22H29ClN4O4. The molecule has 168 valence electrons. The van der Waals surface area contributed by atoms with Gasteiger partial charge in [0.05, 0.1) is 18.6 Å². The number of rotatable bonds is 10. The van der Waals surface area contributed by atoms with Crippen LogP contribution in [0.25, 0.3) is 11.0 Å². The van der Waals surface area contributed by atoms with E-state index in [-0.39, 0.29) is 17.7 Å². The molecule has 0 spiro atoms. The summed E-state index contributed by atoms with van der Waals surface area (Å²) in [7, 11) is 0. The van der Waals surface area contributed by atoms with Crippen LogP contribution in [0.1, 0.15) is 64.5 Å². The summed E-state index contributed by atoms with van der Waals surface area (Å²) in [6, 6.07) is 1.77. The van der Waals surface area contributed by atoms with E-state index in [4.69, 9.17) is 27.5 Å². The van der Waals surface area contributed by atoms with Crippen LogP contribution < -0.4 is 5.32 Å². The quantitative estimate of drug-likeness (QED) is 0.311. The predicted molar refractivity (Wildman–Crippen MR) is 119 cm³/mol. The maximum absolute atomic E-state index is 12.2. The number of nitrogens with zero attached hydrogens (tertiary/aromatic N) is 3. The van der Waals surface area contributed by atoms with Gasteiger partial charge in [0.15, 0.2) is 5.60 Å². The summed E-state index contributed by atoms with van der Waals surface area (Å²) < 4.78 is 13.0. The van der Waals surface area contributed by atoms with E-state index in [0.717, 1.165) is 19.3 Å². The first-order chi connectivity index (χ1) is 15.0. The normalized spacial score (nSPS) is 20.6. The van der Waals surface area contributed by atoms with Crippen molar-refractivity contribution in [1.29, 1.82) is 0 Å². The molecule has 1 saturated heterocycles. The number of hydrogen-bond acceptors (Lipinski definition) is 6. The second-order valence-corrected chi connectivity index (χ2v) is 8.08. The van der Waals surface area contributed by atoms with Gasteiger partial charge >= 0.3 is 6.09 Å². The standard InChI is InChI=1S/C22H29ClN4O4/c1-3-5-6-7-8-9-14-30-21(29)25-18-16-11-13-27(19(16)26-20(23)24-18)17-10-12-22(4-2,15-28)31-17/h2,11,13,17,28H,3,5-10,12,14-15H2,1H3,(H,24,25,26,29)/t17-,22+/m1/s1. The van der Waals surface area contributed by atoms with Gasteiger partial charge in [-0.05, 0) is 36.9 Å². The highest BCUT2D eigenvalue weighted by molar-refractivity contribution is 6.28. The molecule has 1 amide bonds. The molecule has 0 bridgehead atoms. The van der Waals surface area contributed by atoms with Gasteiger partial charge in [-0.15, -0.1) is 6.42 Å². The number of aromatic nitrogens is 3. The first-order valence-corrected chi connectivity index (χ1v) is 11.1. The molecule has 8 nitrogen and oxygen atoms in total. The first kappa shape index (κ1) is 23.3. The number of carbonyl (C=O) groups excluding carboxylic acids is 1. The molecule has 2 atom stereocenters. The van der Waals surface area contributed by atoms with Crippen LogP contribution in [0, 0.1) is 12.3 Å². The number of fused-ring (bicyclic) bond motifs is 1. The predicted octanol–water partition coefficient (Wildman–Crippen LogP) is 4.67. The molecule has 1 aliphatic heterocycles. The van der Waals surface area contributed by atoms with Crippen molar-refractivity contribution in [2.45, 2.75) is 70.1 Å². The molecule has 3 heterocycles. The zero-order chi connectivity index (χ0) is 22.3. The Morgan fingerprint density at radius 2 is 2.19 bits per heavy atom. The lowest BCUT2D eigenvalue weighted by Crippen LogP contribution is -2.31. The minimum absolute atomic E-state index is 0.0120. The Kier molecular flexibility index (Phi) is 8.13. The zero-order valence-electron chi connectivity index (χ0n) is 17.8. The van der Waals surface area contributed by atoms with Gasteiger partial charge in [-0.3, -0.25) is 5.32 Å². The fraction of sp³-hybridized carbons (Fsp3) is 0.591. The lowest BCUT2D eigenvalue weighted by atomic mass is 10.0. The minimum Gasteiger partial charge on any atom is -0.449 e. The number of halogens is 1. The summed E-state index contributed by atoms with van der Waals surface area (Å²) >= 11 is 6.10. The van der Waals surface area contributed by atoms with Gasteiger partial charge in [-0.1, -0.05) is 44.9 Å². The Labute approximate surface area is 187 Å². The number of carbonyl (C=O) groups is 1. The van der Waals surface area contributed by atoms with E-state index < -0.39 is 17.9 Å². The Balaban J connectivity index is 1.64. The molecule has 0 unspecified atom stereocenters. The van der Waals surface area contributed by atoms with E-state index in [1.807, 2.05) is 0 Å². The molecule has 2 aromatic rings. The van der Waals surface area contributed by atoms with Crippen molar-refractivity contribution in [3.8, 4) is 12.3 Å². The molecule has 3 rings (SSSR count). The van der Waals surface area contributed by atoms with E-state index in [1.165, 1.54) is 19.3 Å². The van der Waals surface area contributed by atoms with E-state index in [9.17, 15) is 9.90 Å². The highest BCUT2D eigenvalue weighted by atomic mass is 35.5. The second kappa shape index (κ2) is 10.8. The van der Waals surface area contributed by atoms with E-state index >= 15 is 0 Å². The summed E-state index contributed by atoms with van der Waals surface area (Å²) in [6.07, 6.45) is 14.1. The summed E-state index contributed by atoms with van der Waals surface area (Å²) in [5, 5.41) is 12.8.